The summed E-state index contributed by atoms with van der Waals surface area (Å²) in [6, 6.07) is 13.8. The predicted molar refractivity (Wildman–Crippen MR) is 109 cm³/mol. The third-order valence-corrected chi connectivity index (χ3v) is 5.55. The van der Waals surface area contributed by atoms with E-state index in [4.69, 9.17) is 11.6 Å². The Labute approximate surface area is 165 Å². The van der Waals surface area contributed by atoms with Gasteiger partial charge in [0.15, 0.2) is 0 Å². The van der Waals surface area contributed by atoms with Gasteiger partial charge in [-0.3, -0.25) is 9.59 Å². The van der Waals surface area contributed by atoms with E-state index in [2.05, 4.69) is 31.3 Å². The summed E-state index contributed by atoms with van der Waals surface area (Å²) in [5, 5.41) is 3.59. The molecule has 5 heteroatoms. The Morgan fingerprint density at radius 2 is 1.93 bits per heavy atom. The normalized spacial score (nSPS) is 16.9. The molecule has 3 rings (SSSR count). The molecule has 1 aliphatic rings. The summed E-state index contributed by atoms with van der Waals surface area (Å²) in [4.78, 5) is 26.7. The molecule has 2 amide bonds. The average Bonchev–Trinajstić information content (AvgIpc) is 3.04. The molecular formula is C22H25ClN2O2. The van der Waals surface area contributed by atoms with Gasteiger partial charge >= 0.3 is 0 Å². The number of amides is 2. The fourth-order valence-corrected chi connectivity index (χ4v) is 3.53. The lowest BCUT2D eigenvalue weighted by molar-refractivity contribution is -0.126. The van der Waals surface area contributed by atoms with Crippen molar-refractivity contribution < 1.29 is 9.59 Å². The average molecular weight is 385 g/mol. The molecule has 0 saturated carbocycles. The zero-order valence-corrected chi connectivity index (χ0v) is 16.7. The zero-order valence-electron chi connectivity index (χ0n) is 16.0. The number of carbonyl (C=O) groups excluding carboxylic acids is 2. The van der Waals surface area contributed by atoms with Gasteiger partial charge in [0.2, 0.25) is 11.8 Å². The molecule has 142 valence electrons. The Hall–Kier alpha value is -2.33. The van der Waals surface area contributed by atoms with E-state index in [0.29, 0.717) is 24.0 Å². The number of hydrogen-bond donors (Lipinski definition) is 1. The molecule has 2 aromatic carbocycles. The maximum atomic E-state index is 12.6. The lowest BCUT2D eigenvalue weighted by atomic mass is 10.0. The van der Waals surface area contributed by atoms with Gasteiger partial charge in [-0.05, 0) is 41.7 Å². The Bertz CT molecular complexity index is 846. The monoisotopic (exact) mass is 384 g/mol. The Balaban J connectivity index is 1.61. The first kappa shape index (κ1) is 19.4. The number of nitrogens with one attached hydrogen (secondary N) is 1. The molecule has 0 bridgehead atoms. The van der Waals surface area contributed by atoms with Crippen LogP contribution in [0.1, 0.15) is 42.9 Å². The molecular weight excluding hydrogens is 360 g/mol. The van der Waals surface area contributed by atoms with Gasteiger partial charge in [0.05, 0.1) is 5.92 Å². The summed E-state index contributed by atoms with van der Waals surface area (Å²) in [7, 11) is 0. The third kappa shape index (κ3) is 4.33. The van der Waals surface area contributed by atoms with Crippen LogP contribution in [0.4, 0.5) is 5.69 Å². The summed E-state index contributed by atoms with van der Waals surface area (Å²) in [6.07, 6.45) is 0.226. The van der Waals surface area contributed by atoms with Crippen LogP contribution < -0.4 is 10.2 Å². The smallest absolute Gasteiger partial charge is 0.227 e. The number of carbonyl (C=O) groups is 2. The number of benzene rings is 2. The van der Waals surface area contributed by atoms with E-state index in [1.54, 1.807) is 11.0 Å². The lowest BCUT2D eigenvalue weighted by Gasteiger charge is -2.19. The van der Waals surface area contributed by atoms with Gasteiger partial charge < -0.3 is 10.2 Å². The maximum Gasteiger partial charge on any atom is 0.227 e. The van der Waals surface area contributed by atoms with E-state index in [1.807, 2.05) is 31.2 Å². The molecule has 1 N–H and O–H groups in total. The minimum absolute atomic E-state index is 0.0400. The van der Waals surface area contributed by atoms with E-state index < -0.39 is 0 Å². The van der Waals surface area contributed by atoms with E-state index in [-0.39, 0.29) is 24.2 Å². The van der Waals surface area contributed by atoms with Crippen molar-refractivity contribution in [3.63, 3.8) is 0 Å². The van der Waals surface area contributed by atoms with Crippen LogP contribution in [0.15, 0.2) is 42.5 Å². The lowest BCUT2D eigenvalue weighted by Crippen LogP contribution is -2.32. The molecule has 27 heavy (non-hydrogen) atoms. The first-order valence-electron chi connectivity index (χ1n) is 9.29. The minimum atomic E-state index is -0.342. The van der Waals surface area contributed by atoms with Gasteiger partial charge in [0.25, 0.3) is 0 Å². The predicted octanol–water partition coefficient (Wildman–Crippen LogP) is 4.44. The highest BCUT2D eigenvalue weighted by Crippen LogP contribution is 2.31. The second-order valence-electron chi connectivity index (χ2n) is 7.40. The molecule has 1 atom stereocenters. The Morgan fingerprint density at radius 1 is 1.22 bits per heavy atom. The van der Waals surface area contributed by atoms with Crippen molar-refractivity contribution >= 4 is 29.1 Å². The minimum Gasteiger partial charge on any atom is -0.352 e. The van der Waals surface area contributed by atoms with E-state index >= 15 is 0 Å². The zero-order chi connectivity index (χ0) is 19.6. The van der Waals surface area contributed by atoms with Crippen molar-refractivity contribution in [2.45, 2.75) is 39.7 Å². The Morgan fingerprint density at radius 3 is 2.59 bits per heavy atom. The third-order valence-electron chi connectivity index (χ3n) is 5.14. The van der Waals surface area contributed by atoms with E-state index in [0.717, 1.165) is 16.8 Å². The van der Waals surface area contributed by atoms with Crippen molar-refractivity contribution in [2.24, 2.45) is 5.92 Å². The summed E-state index contributed by atoms with van der Waals surface area (Å²) in [5.41, 5.74) is 3.98. The number of anilines is 1. The van der Waals surface area contributed by atoms with Crippen molar-refractivity contribution in [1.82, 2.24) is 5.32 Å². The fraction of sp³-hybridized carbons (Fsp3) is 0.364. The van der Waals surface area contributed by atoms with Crippen molar-refractivity contribution in [3.05, 3.63) is 64.2 Å². The molecule has 0 aromatic heterocycles. The molecule has 4 nitrogen and oxygen atoms in total. The van der Waals surface area contributed by atoms with Crippen molar-refractivity contribution in [2.75, 3.05) is 11.4 Å². The van der Waals surface area contributed by atoms with Crippen molar-refractivity contribution in [1.29, 1.82) is 0 Å². The second-order valence-corrected chi connectivity index (χ2v) is 7.81. The van der Waals surface area contributed by atoms with Crippen LogP contribution >= 0.6 is 11.6 Å². The summed E-state index contributed by atoms with van der Waals surface area (Å²) >= 11 is 6.17. The quantitative estimate of drug-likeness (QED) is 0.828. The van der Waals surface area contributed by atoms with E-state index in [9.17, 15) is 9.59 Å². The molecule has 1 saturated heterocycles. The molecule has 1 aliphatic heterocycles. The van der Waals surface area contributed by atoms with Gasteiger partial charge in [-0.1, -0.05) is 55.8 Å². The van der Waals surface area contributed by atoms with Gasteiger partial charge in [-0.25, -0.2) is 0 Å². The SMILES string of the molecule is Cc1c(Cl)cccc1N1C[C@@H](C(=O)NCc2ccc(C(C)C)cc2)CC1=O. The summed E-state index contributed by atoms with van der Waals surface area (Å²) in [5.74, 6) is 0.0187. The number of rotatable bonds is 5. The standard InChI is InChI=1S/C22H25ClN2O2/c1-14(2)17-9-7-16(8-10-17)12-24-22(27)18-11-21(26)25(13-18)20-6-4-5-19(23)15(20)3/h4-10,14,18H,11-13H2,1-3H3,(H,24,27)/t18-/m0/s1. The number of nitrogens with zero attached hydrogens (tertiary/aromatic N) is 1. The Kier molecular flexibility index (Phi) is 5.85. The topological polar surface area (TPSA) is 49.4 Å². The largest absolute Gasteiger partial charge is 0.352 e. The van der Waals surface area contributed by atoms with Gasteiger partial charge in [0.1, 0.15) is 0 Å². The number of halogens is 1. The highest BCUT2D eigenvalue weighted by molar-refractivity contribution is 6.31. The van der Waals surface area contributed by atoms with Crippen molar-refractivity contribution in [3.8, 4) is 0 Å². The summed E-state index contributed by atoms with van der Waals surface area (Å²) < 4.78 is 0. The second kappa shape index (κ2) is 8.13. The van der Waals surface area contributed by atoms with Crippen LogP contribution in [0, 0.1) is 12.8 Å². The summed E-state index contributed by atoms with van der Waals surface area (Å²) in [6.45, 7) is 7.05. The van der Waals surface area contributed by atoms with Crippen LogP contribution in [-0.4, -0.2) is 18.4 Å². The molecule has 1 fully saturated rings. The van der Waals surface area contributed by atoms with Gasteiger partial charge in [-0.2, -0.15) is 0 Å². The molecule has 2 aromatic rings. The van der Waals surface area contributed by atoms with Crippen LogP contribution in [0.5, 0.6) is 0 Å². The highest BCUT2D eigenvalue weighted by atomic mass is 35.5. The maximum absolute atomic E-state index is 12.6. The molecule has 0 radical (unpaired) electrons. The first-order chi connectivity index (χ1) is 12.9. The van der Waals surface area contributed by atoms with Gasteiger partial charge in [0, 0.05) is 30.2 Å². The van der Waals surface area contributed by atoms with Crippen LogP contribution in [0.2, 0.25) is 5.02 Å². The van der Waals surface area contributed by atoms with Gasteiger partial charge in [-0.15, -0.1) is 0 Å². The number of hydrogen-bond acceptors (Lipinski definition) is 2. The molecule has 0 unspecified atom stereocenters. The molecule has 0 aliphatic carbocycles. The van der Waals surface area contributed by atoms with Crippen LogP contribution in [-0.2, 0) is 16.1 Å². The van der Waals surface area contributed by atoms with Crippen LogP contribution in [0.3, 0.4) is 0 Å². The highest BCUT2D eigenvalue weighted by Gasteiger charge is 2.35. The first-order valence-corrected chi connectivity index (χ1v) is 9.66. The fourth-order valence-electron chi connectivity index (χ4n) is 3.36. The molecule has 1 heterocycles. The molecule has 0 spiro atoms. The van der Waals surface area contributed by atoms with Crippen LogP contribution in [0.25, 0.3) is 0 Å². The van der Waals surface area contributed by atoms with E-state index in [1.165, 1.54) is 5.56 Å².